The smallest absolute Gasteiger partial charge is 0.295 e. The number of likely N-dealkylation sites (tertiary alicyclic amines) is 1. The summed E-state index contributed by atoms with van der Waals surface area (Å²) in [4.78, 5) is 29.1. The number of hydrogen-bond donors (Lipinski definition) is 2. The highest BCUT2D eigenvalue weighted by Crippen LogP contribution is 2.39. The van der Waals surface area contributed by atoms with Crippen molar-refractivity contribution in [3.05, 3.63) is 65.2 Å². The SMILES string of the molecule is CCOc1cccc(/C(O)=C2/C(=O)C(=O)N(CCN(C)C)C2c2ccc(O)cc2)c1. The molecule has 2 aromatic rings. The van der Waals surface area contributed by atoms with Gasteiger partial charge in [-0.1, -0.05) is 24.3 Å². The third-order valence-electron chi connectivity index (χ3n) is 4.96. The van der Waals surface area contributed by atoms with Crippen LogP contribution < -0.4 is 4.74 Å². The van der Waals surface area contributed by atoms with Crippen LogP contribution in [-0.2, 0) is 9.59 Å². The number of benzene rings is 2. The molecular formula is C23H26N2O5. The summed E-state index contributed by atoms with van der Waals surface area (Å²) in [6.45, 7) is 3.20. The first kappa shape index (κ1) is 21.4. The summed E-state index contributed by atoms with van der Waals surface area (Å²) < 4.78 is 5.49. The lowest BCUT2D eigenvalue weighted by Crippen LogP contribution is -2.35. The van der Waals surface area contributed by atoms with Gasteiger partial charge in [0.15, 0.2) is 0 Å². The predicted molar refractivity (Wildman–Crippen MR) is 113 cm³/mol. The van der Waals surface area contributed by atoms with Gasteiger partial charge in [0.2, 0.25) is 0 Å². The third-order valence-corrected chi connectivity index (χ3v) is 4.96. The van der Waals surface area contributed by atoms with Crippen molar-refractivity contribution in [1.82, 2.24) is 9.80 Å². The number of Topliss-reactive ketones (excluding diaryl/α,β-unsaturated/α-hetero) is 1. The van der Waals surface area contributed by atoms with Crippen molar-refractivity contribution in [2.45, 2.75) is 13.0 Å². The Labute approximate surface area is 175 Å². The second-order valence-electron chi connectivity index (χ2n) is 7.35. The van der Waals surface area contributed by atoms with Crippen LogP contribution in [0, 0.1) is 0 Å². The second kappa shape index (κ2) is 9.00. The number of carbonyl (C=O) groups excluding carboxylic acids is 2. The summed E-state index contributed by atoms with van der Waals surface area (Å²) in [5.74, 6) is -0.998. The van der Waals surface area contributed by atoms with Crippen molar-refractivity contribution < 1.29 is 24.5 Å². The molecule has 1 saturated heterocycles. The Morgan fingerprint density at radius 3 is 2.47 bits per heavy atom. The van der Waals surface area contributed by atoms with Crippen LogP contribution in [0.2, 0.25) is 0 Å². The number of phenols is 1. The number of aromatic hydroxyl groups is 1. The lowest BCUT2D eigenvalue weighted by molar-refractivity contribution is -0.140. The molecule has 1 fully saturated rings. The normalized spacial score (nSPS) is 18.3. The van der Waals surface area contributed by atoms with E-state index in [-0.39, 0.29) is 17.1 Å². The molecule has 0 saturated carbocycles. The van der Waals surface area contributed by atoms with E-state index in [1.54, 1.807) is 36.4 Å². The summed E-state index contributed by atoms with van der Waals surface area (Å²) in [5, 5.41) is 20.7. The van der Waals surface area contributed by atoms with Gasteiger partial charge in [0, 0.05) is 18.7 Å². The van der Waals surface area contributed by atoms with Crippen LogP contribution in [0.25, 0.3) is 5.76 Å². The molecule has 1 aliphatic heterocycles. The fourth-order valence-corrected chi connectivity index (χ4v) is 3.48. The van der Waals surface area contributed by atoms with E-state index in [4.69, 9.17) is 4.74 Å². The first-order chi connectivity index (χ1) is 14.3. The first-order valence-electron chi connectivity index (χ1n) is 9.78. The molecule has 1 atom stereocenters. The van der Waals surface area contributed by atoms with Crippen molar-refractivity contribution >= 4 is 17.4 Å². The van der Waals surface area contributed by atoms with E-state index < -0.39 is 17.7 Å². The molecule has 1 heterocycles. The van der Waals surface area contributed by atoms with Crippen LogP contribution in [-0.4, -0.2) is 65.5 Å². The zero-order valence-electron chi connectivity index (χ0n) is 17.3. The summed E-state index contributed by atoms with van der Waals surface area (Å²) in [6, 6.07) is 12.3. The lowest BCUT2D eigenvalue weighted by Gasteiger charge is -2.26. The predicted octanol–water partition coefficient (Wildman–Crippen LogP) is 2.77. The van der Waals surface area contributed by atoms with E-state index in [9.17, 15) is 19.8 Å². The maximum atomic E-state index is 12.9. The number of ketones is 1. The molecule has 7 heteroatoms. The minimum absolute atomic E-state index is 0.0260. The molecule has 0 radical (unpaired) electrons. The quantitative estimate of drug-likeness (QED) is 0.414. The molecule has 2 aromatic carbocycles. The molecule has 1 aliphatic rings. The molecule has 7 nitrogen and oxygen atoms in total. The van der Waals surface area contributed by atoms with E-state index in [1.807, 2.05) is 25.9 Å². The number of likely N-dealkylation sites (N-methyl/N-ethyl adjacent to an activating group) is 1. The largest absolute Gasteiger partial charge is 0.508 e. The van der Waals surface area contributed by atoms with Gasteiger partial charge in [0.1, 0.15) is 17.3 Å². The molecule has 2 N–H and O–H groups in total. The van der Waals surface area contributed by atoms with Gasteiger partial charge in [-0.25, -0.2) is 0 Å². The molecule has 3 rings (SSSR count). The van der Waals surface area contributed by atoms with Gasteiger partial charge in [0.05, 0.1) is 18.2 Å². The molecule has 30 heavy (non-hydrogen) atoms. The van der Waals surface area contributed by atoms with Gasteiger partial charge in [-0.3, -0.25) is 9.59 Å². The monoisotopic (exact) mass is 410 g/mol. The van der Waals surface area contributed by atoms with Crippen molar-refractivity contribution in [2.24, 2.45) is 0 Å². The maximum Gasteiger partial charge on any atom is 0.295 e. The zero-order chi connectivity index (χ0) is 21.8. The van der Waals surface area contributed by atoms with E-state index in [0.29, 0.717) is 36.6 Å². The van der Waals surface area contributed by atoms with Crippen molar-refractivity contribution in [3.63, 3.8) is 0 Å². The molecule has 0 aliphatic carbocycles. The third kappa shape index (κ3) is 4.31. The number of aliphatic hydroxyl groups is 1. The minimum atomic E-state index is -0.749. The number of ether oxygens (including phenoxy) is 1. The zero-order valence-corrected chi connectivity index (χ0v) is 17.3. The summed E-state index contributed by atoms with van der Waals surface area (Å²) in [6.07, 6.45) is 0. The maximum absolute atomic E-state index is 12.9. The van der Waals surface area contributed by atoms with E-state index >= 15 is 0 Å². The summed E-state index contributed by atoms with van der Waals surface area (Å²) in [5.41, 5.74) is 1.06. The Morgan fingerprint density at radius 2 is 1.83 bits per heavy atom. The number of nitrogens with zero attached hydrogens (tertiary/aromatic N) is 2. The van der Waals surface area contributed by atoms with Crippen LogP contribution in [0.15, 0.2) is 54.1 Å². The van der Waals surface area contributed by atoms with Gasteiger partial charge in [-0.05, 0) is 50.8 Å². The Bertz CT molecular complexity index is 966. The Morgan fingerprint density at radius 1 is 1.13 bits per heavy atom. The van der Waals surface area contributed by atoms with Crippen LogP contribution in [0.1, 0.15) is 24.1 Å². The second-order valence-corrected chi connectivity index (χ2v) is 7.35. The number of carbonyl (C=O) groups is 2. The van der Waals surface area contributed by atoms with Gasteiger partial charge in [-0.2, -0.15) is 0 Å². The Hall–Kier alpha value is -3.32. The standard InChI is InChI=1S/C23H26N2O5/c1-4-30-18-7-5-6-16(14-18)21(27)19-20(15-8-10-17(26)11-9-15)25(13-12-24(2)3)23(29)22(19)28/h5-11,14,20,26-27H,4,12-13H2,1-3H3/b21-19-. The molecular weight excluding hydrogens is 384 g/mol. The Balaban J connectivity index is 2.12. The van der Waals surface area contributed by atoms with Crippen molar-refractivity contribution in [2.75, 3.05) is 33.8 Å². The van der Waals surface area contributed by atoms with Crippen LogP contribution in [0.3, 0.4) is 0 Å². The molecule has 0 bridgehead atoms. The van der Waals surface area contributed by atoms with Crippen LogP contribution in [0.4, 0.5) is 0 Å². The molecule has 1 unspecified atom stereocenters. The fraction of sp³-hybridized carbons (Fsp3) is 0.304. The fourth-order valence-electron chi connectivity index (χ4n) is 3.48. The number of hydrogen-bond acceptors (Lipinski definition) is 6. The molecule has 1 amide bonds. The van der Waals surface area contributed by atoms with Gasteiger partial charge < -0.3 is 24.7 Å². The van der Waals surface area contributed by atoms with Crippen molar-refractivity contribution in [3.8, 4) is 11.5 Å². The van der Waals surface area contributed by atoms with Gasteiger partial charge >= 0.3 is 0 Å². The highest BCUT2D eigenvalue weighted by molar-refractivity contribution is 6.46. The number of rotatable bonds is 7. The minimum Gasteiger partial charge on any atom is -0.508 e. The van der Waals surface area contributed by atoms with Gasteiger partial charge in [-0.15, -0.1) is 0 Å². The summed E-state index contributed by atoms with van der Waals surface area (Å²) in [7, 11) is 3.76. The molecule has 158 valence electrons. The highest BCUT2D eigenvalue weighted by atomic mass is 16.5. The van der Waals surface area contributed by atoms with E-state index in [1.165, 1.54) is 17.0 Å². The topological polar surface area (TPSA) is 90.3 Å². The number of aliphatic hydroxyl groups excluding tert-OH is 1. The average Bonchev–Trinajstić information content (AvgIpc) is 2.97. The Kier molecular flexibility index (Phi) is 6.42. The summed E-state index contributed by atoms with van der Waals surface area (Å²) >= 11 is 0. The molecule has 0 aromatic heterocycles. The van der Waals surface area contributed by atoms with Gasteiger partial charge in [0.25, 0.3) is 11.7 Å². The van der Waals surface area contributed by atoms with Crippen LogP contribution in [0.5, 0.6) is 11.5 Å². The molecule has 0 spiro atoms. The van der Waals surface area contributed by atoms with E-state index in [0.717, 1.165) is 0 Å². The average molecular weight is 410 g/mol. The highest BCUT2D eigenvalue weighted by Gasteiger charge is 2.45. The van der Waals surface area contributed by atoms with Crippen LogP contribution >= 0.6 is 0 Å². The first-order valence-corrected chi connectivity index (χ1v) is 9.78. The number of amides is 1. The lowest BCUT2D eigenvalue weighted by atomic mass is 9.95. The van der Waals surface area contributed by atoms with Crippen molar-refractivity contribution in [1.29, 1.82) is 0 Å². The number of phenolic OH excluding ortho intramolecular Hbond substituents is 1. The van der Waals surface area contributed by atoms with E-state index in [2.05, 4.69) is 0 Å².